The third-order valence-electron chi connectivity index (χ3n) is 21.2. The molecule has 0 atom stereocenters. The highest BCUT2D eigenvalue weighted by Crippen LogP contribution is 2.67. The zero-order chi connectivity index (χ0) is 59.6. The Morgan fingerprint density at radius 1 is 0.231 bits per heavy atom. The van der Waals surface area contributed by atoms with E-state index in [0.717, 1.165) is 72.4 Å². The molecule has 15 aromatic rings. The molecule has 0 N–H and O–H groups in total. The van der Waals surface area contributed by atoms with Crippen molar-refractivity contribution in [3.8, 4) is 67.1 Å². The first-order chi connectivity index (χ1) is 45.1. The van der Waals surface area contributed by atoms with E-state index in [1.54, 1.807) is 0 Å². The minimum atomic E-state index is -0.691. The Bertz CT molecular complexity index is 5430. The lowest BCUT2D eigenvalue weighted by molar-refractivity contribution is 0.447. The molecule has 1 aliphatic heterocycles. The molecule has 2 heteroatoms. The summed E-state index contributed by atoms with van der Waals surface area (Å²) in [6, 6.07) is 126. The number of nitrogens with zero attached hydrogens (tertiary/aromatic N) is 1. The predicted molar refractivity (Wildman–Crippen MR) is 373 cm³/mol. The van der Waals surface area contributed by atoms with Gasteiger partial charge in [-0.25, -0.2) is 0 Å². The van der Waals surface area contributed by atoms with E-state index in [4.69, 9.17) is 4.74 Å². The molecule has 0 amide bonds. The molecule has 0 fully saturated rings. The SMILES string of the molecule is c1ccc(C2(c3ccccc3)c3ccccc3-c3cc(N(c4cccc(-c5ccc6c(c5)C5(c7ccccc7-6)c6ccc7ccccc7c6Oc6c5ccc5ccccc65)c4)c4cccc5c4-c4ccccc4C54c5ccccc5-c5ccccc54)ccc32)cc1. The molecule has 5 aliphatic rings. The van der Waals surface area contributed by atoms with Crippen LogP contribution in [0.5, 0.6) is 11.5 Å². The Balaban J connectivity index is 0.838. The van der Waals surface area contributed by atoms with Gasteiger partial charge in [0.25, 0.3) is 0 Å². The molecular weight excluding hydrogens is 1100 g/mol. The Hall–Kier alpha value is -11.6. The van der Waals surface area contributed by atoms with Crippen molar-refractivity contribution in [3.63, 3.8) is 0 Å². The average Bonchev–Trinajstić information content (AvgIpc) is 1.56. The maximum atomic E-state index is 7.38. The van der Waals surface area contributed by atoms with Crippen LogP contribution in [0.25, 0.3) is 77.2 Å². The Labute approximate surface area is 528 Å². The fraction of sp³-hybridized carbons (Fsp3) is 0.0337. The van der Waals surface area contributed by atoms with Crippen molar-refractivity contribution in [3.05, 3.63) is 400 Å². The van der Waals surface area contributed by atoms with Gasteiger partial charge in [-0.05, 0) is 153 Å². The first-order valence-corrected chi connectivity index (χ1v) is 31.8. The topological polar surface area (TPSA) is 12.5 Å². The predicted octanol–water partition coefficient (Wildman–Crippen LogP) is 22.3. The molecule has 0 unspecified atom stereocenters. The largest absolute Gasteiger partial charge is 0.455 e. The van der Waals surface area contributed by atoms with E-state index < -0.39 is 16.2 Å². The van der Waals surface area contributed by atoms with Gasteiger partial charge in [0.05, 0.1) is 21.9 Å². The van der Waals surface area contributed by atoms with Gasteiger partial charge in [-0.3, -0.25) is 0 Å². The van der Waals surface area contributed by atoms with Crippen LogP contribution >= 0.6 is 0 Å². The maximum Gasteiger partial charge on any atom is 0.140 e. The number of rotatable bonds is 6. The fourth-order valence-corrected chi connectivity index (χ4v) is 17.7. The molecule has 91 heavy (non-hydrogen) atoms. The number of fused-ring (bicyclic) bond motifs is 26. The summed E-state index contributed by atoms with van der Waals surface area (Å²) in [4.78, 5) is 2.57. The summed E-state index contributed by atoms with van der Waals surface area (Å²) in [5, 5.41) is 4.52. The van der Waals surface area contributed by atoms with Crippen LogP contribution in [0.1, 0.15) is 66.8 Å². The highest BCUT2D eigenvalue weighted by molar-refractivity contribution is 6.04. The van der Waals surface area contributed by atoms with Crippen LogP contribution in [0.15, 0.2) is 334 Å². The quantitative estimate of drug-likeness (QED) is 0.165. The van der Waals surface area contributed by atoms with Crippen molar-refractivity contribution in [1.29, 1.82) is 0 Å². The van der Waals surface area contributed by atoms with Gasteiger partial charge in [0, 0.05) is 38.8 Å². The third-order valence-corrected chi connectivity index (χ3v) is 21.2. The lowest BCUT2D eigenvalue weighted by Crippen LogP contribution is -2.32. The fourth-order valence-electron chi connectivity index (χ4n) is 17.7. The first kappa shape index (κ1) is 50.4. The summed E-state index contributed by atoms with van der Waals surface area (Å²) in [6.45, 7) is 0. The number of hydrogen-bond acceptors (Lipinski definition) is 2. The second kappa shape index (κ2) is 18.7. The van der Waals surface area contributed by atoms with Gasteiger partial charge in [-0.15, -0.1) is 0 Å². The van der Waals surface area contributed by atoms with E-state index in [1.165, 1.54) is 100 Å². The number of benzene rings is 15. The van der Waals surface area contributed by atoms with Gasteiger partial charge in [0.1, 0.15) is 11.5 Å². The van der Waals surface area contributed by atoms with E-state index in [2.05, 4.69) is 339 Å². The zero-order valence-corrected chi connectivity index (χ0v) is 49.6. The van der Waals surface area contributed by atoms with Gasteiger partial charge in [-0.2, -0.15) is 0 Å². The molecule has 2 nitrogen and oxygen atoms in total. The highest BCUT2D eigenvalue weighted by atomic mass is 16.5. The number of anilines is 3. The molecule has 0 aromatic heterocycles. The lowest BCUT2D eigenvalue weighted by Gasteiger charge is -2.40. The summed E-state index contributed by atoms with van der Waals surface area (Å²) >= 11 is 0. The summed E-state index contributed by atoms with van der Waals surface area (Å²) < 4.78 is 7.38. The molecule has 422 valence electrons. The molecular formula is C89H55NO. The zero-order valence-electron chi connectivity index (χ0n) is 49.6. The Morgan fingerprint density at radius 2 is 0.648 bits per heavy atom. The van der Waals surface area contributed by atoms with Crippen molar-refractivity contribution in [2.24, 2.45) is 0 Å². The van der Waals surface area contributed by atoms with Crippen LogP contribution in [0.2, 0.25) is 0 Å². The maximum absolute atomic E-state index is 7.38. The molecule has 2 spiro atoms. The molecule has 1 heterocycles. The summed E-state index contributed by atoms with van der Waals surface area (Å²) in [6.07, 6.45) is 0. The van der Waals surface area contributed by atoms with Crippen LogP contribution in [0.4, 0.5) is 17.1 Å². The van der Waals surface area contributed by atoms with Crippen molar-refractivity contribution in [2.45, 2.75) is 16.2 Å². The normalized spacial score (nSPS) is 14.5. The van der Waals surface area contributed by atoms with Crippen LogP contribution in [0.3, 0.4) is 0 Å². The molecule has 0 radical (unpaired) electrons. The summed E-state index contributed by atoms with van der Waals surface area (Å²) in [5.41, 5.74) is 29.0. The van der Waals surface area contributed by atoms with Crippen LogP contribution in [-0.4, -0.2) is 0 Å². The van der Waals surface area contributed by atoms with Crippen LogP contribution in [-0.2, 0) is 16.2 Å². The second-order valence-corrected chi connectivity index (χ2v) is 25.2. The molecule has 0 bridgehead atoms. The van der Waals surface area contributed by atoms with Gasteiger partial charge in [-0.1, -0.05) is 297 Å². The monoisotopic (exact) mass is 1150 g/mol. The van der Waals surface area contributed by atoms with E-state index >= 15 is 0 Å². The van der Waals surface area contributed by atoms with Gasteiger partial charge in [0.15, 0.2) is 0 Å². The second-order valence-electron chi connectivity index (χ2n) is 25.2. The minimum absolute atomic E-state index is 0.525. The lowest BCUT2D eigenvalue weighted by atomic mass is 9.65. The third kappa shape index (κ3) is 6.50. The molecule has 0 saturated carbocycles. The summed E-state index contributed by atoms with van der Waals surface area (Å²) in [7, 11) is 0. The van der Waals surface area contributed by atoms with Crippen molar-refractivity contribution in [1.82, 2.24) is 0 Å². The van der Waals surface area contributed by atoms with Crippen molar-refractivity contribution >= 4 is 38.6 Å². The minimum Gasteiger partial charge on any atom is -0.455 e. The van der Waals surface area contributed by atoms with Crippen molar-refractivity contribution < 1.29 is 4.74 Å². The van der Waals surface area contributed by atoms with Gasteiger partial charge in [0.2, 0.25) is 0 Å². The molecule has 15 aromatic carbocycles. The van der Waals surface area contributed by atoms with E-state index in [0.29, 0.717) is 0 Å². The molecule has 4 aliphatic carbocycles. The smallest absolute Gasteiger partial charge is 0.140 e. The van der Waals surface area contributed by atoms with Crippen LogP contribution in [0, 0.1) is 0 Å². The van der Waals surface area contributed by atoms with E-state index in [9.17, 15) is 0 Å². The van der Waals surface area contributed by atoms with Gasteiger partial charge >= 0.3 is 0 Å². The standard InChI is InChI=1S/C89H55NO/c1-3-26-60(27-4-1)87(61-28-5-2-6-29-61)73-38-16-14-36-69(73)72-55-63(48-52-78(72)87)90(83-44-22-43-79-84(83)71-37-15-20-42-77(71)88(79)74-39-17-11-33-66(74)67-34-12-18-40-75(67)88)62-30-21-25-58(53-62)59-45-49-70-68-35-13-19-41-76(68)89(82(70)54-59)80-50-46-56-23-7-9-31-64(56)85(80)91-86-65-32-10-8-24-57(65)47-51-81(86)89/h1-55H. The van der Waals surface area contributed by atoms with Crippen LogP contribution < -0.4 is 9.64 Å². The Morgan fingerprint density at radius 3 is 1.24 bits per heavy atom. The molecule has 0 saturated heterocycles. The van der Waals surface area contributed by atoms with Gasteiger partial charge < -0.3 is 9.64 Å². The number of hydrogen-bond donors (Lipinski definition) is 0. The Kier molecular flexibility index (Phi) is 10.4. The van der Waals surface area contributed by atoms with Crippen molar-refractivity contribution in [2.75, 3.05) is 4.90 Å². The van der Waals surface area contributed by atoms with E-state index in [-0.39, 0.29) is 0 Å². The summed E-state index contributed by atoms with van der Waals surface area (Å²) in [5.74, 6) is 1.83. The average molecular weight is 1150 g/mol. The number of ether oxygens (including phenoxy) is 1. The van der Waals surface area contributed by atoms with E-state index in [1.807, 2.05) is 0 Å². The molecule has 20 rings (SSSR count). The highest BCUT2D eigenvalue weighted by Gasteiger charge is 2.54. The first-order valence-electron chi connectivity index (χ1n) is 31.8.